The summed E-state index contributed by atoms with van der Waals surface area (Å²) in [5.74, 6) is -1.54. The number of carbonyl (C=O) groups is 3. The molecule has 0 amide bonds. The fourth-order valence-corrected chi connectivity index (χ4v) is 3.55. The lowest BCUT2D eigenvalue weighted by Gasteiger charge is -2.40. The average Bonchev–Trinajstić information content (AvgIpc) is 2.71. The molecule has 8 heteroatoms. The third kappa shape index (κ3) is 6.26. The van der Waals surface area contributed by atoms with Gasteiger partial charge in [-0.25, -0.2) is 0 Å². The Balaban J connectivity index is 1.81. The van der Waals surface area contributed by atoms with Crippen LogP contribution < -0.4 is 0 Å². The average molecular weight is 430 g/mol. The normalized spacial score (nSPS) is 23.2. The van der Waals surface area contributed by atoms with E-state index < -0.39 is 42.3 Å². The summed E-state index contributed by atoms with van der Waals surface area (Å²) in [7, 11) is 0. The van der Waals surface area contributed by atoms with Crippen LogP contribution in [-0.2, 0) is 44.7 Å². The second-order valence-corrected chi connectivity index (χ2v) is 7.35. The first kappa shape index (κ1) is 22.7. The van der Waals surface area contributed by atoms with Gasteiger partial charge in [-0.15, -0.1) is 0 Å². The molecule has 4 atom stereocenters. The van der Waals surface area contributed by atoms with Crippen LogP contribution in [0.2, 0.25) is 0 Å². The van der Waals surface area contributed by atoms with E-state index in [1.807, 2.05) is 42.5 Å². The van der Waals surface area contributed by atoms with E-state index in [-0.39, 0.29) is 19.8 Å². The van der Waals surface area contributed by atoms with Crippen LogP contribution in [0.15, 0.2) is 42.5 Å². The number of rotatable bonds is 7. The van der Waals surface area contributed by atoms with Crippen molar-refractivity contribution < 1.29 is 38.1 Å². The highest BCUT2D eigenvalue weighted by molar-refractivity contribution is 5.82. The molecule has 0 aliphatic carbocycles. The van der Waals surface area contributed by atoms with Crippen LogP contribution in [0, 0.1) is 0 Å². The maximum absolute atomic E-state index is 11.7. The Morgan fingerprint density at radius 2 is 1.61 bits per heavy atom. The van der Waals surface area contributed by atoms with E-state index in [4.69, 9.17) is 23.7 Å². The van der Waals surface area contributed by atoms with Gasteiger partial charge in [0.05, 0.1) is 13.2 Å². The Bertz CT molecular complexity index is 940. The van der Waals surface area contributed by atoms with E-state index in [9.17, 15) is 14.4 Å². The molecule has 1 fully saturated rings. The van der Waals surface area contributed by atoms with Gasteiger partial charge in [-0.05, 0) is 22.4 Å². The minimum absolute atomic E-state index is 0.0195. The third-order valence-corrected chi connectivity index (χ3v) is 4.86. The zero-order valence-corrected chi connectivity index (χ0v) is 17.7. The summed E-state index contributed by atoms with van der Waals surface area (Å²) in [5, 5.41) is 2.17. The number of benzene rings is 2. The summed E-state index contributed by atoms with van der Waals surface area (Å²) in [6, 6.07) is 13.9. The standard InChI is InChI=1S/C23H26O8/c1-14(24)27-12-20-23(31-16(3)26)22(21(13-28-20)30-15(2)25)29-11-17-8-9-18-6-4-5-7-19(18)10-17/h4-10,20-23H,11-13H2,1-3H3/t20?,21?,22?,23-/m1/s1. The first-order valence-electron chi connectivity index (χ1n) is 10.0. The topological polar surface area (TPSA) is 97.4 Å². The molecule has 2 aromatic carbocycles. The van der Waals surface area contributed by atoms with Gasteiger partial charge in [-0.1, -0.05) is 36.4 Å². The fourth-order valence-electron chi connectivity index (χ4n) is 3.55. The predicted octanol–water partition coefficient (Wildman–Crippen LogP) is 2.55. The summed E-state index contributed by atoms with van der Waals surface area (Å²) < 4.78 is 27.6. The van der Waals surface area contributed by atoms with Crippen LogP contribution in [0.4, 0.5) is 0 Å². The Morgan fingerprint density at radius 3 is 2.29 bits per heavy atom. The van der Waals surface area contributed by atoms with E-state index >= 15 is 0 Å². The van der Waals surface area contributed by atoms with Crippen molar-refractivity contribution in [2.45, 2.75) is 51.8 Å². The second-order valence-electron chi connectivity index (χ2n) is 7.35. The first-order chi connectivity index (χ1) is 14.8. The monoisotopic (exact) mass is 430 g/mol. The molecule has 3 rings (SSSR count). The van der Waals surface area contributed by atoms with Gasteiger partial charge in [0.15, 0.2) is 12.2 Å². The Morgan fingerprint density at radius 1 is 0.903 bits per heavy atom. The van der Waals surface area contributed by atoms with Gasteiger partial charge in [0.2, 0.25) is 0 Å². The van der Waals surface area contributed by atoms with E-state index in [1.165, 1.54) is 20.8 Å². The fraction of sp³-hybridized carbons (Fsp3) is 0.435. The molecule has 1 saturated heterocycles. The molecule has 0 spiro atoms. The summed E-state index contributed by atoms with van der Waals surface area (Å²) in [5.41, 5.74) is 0.907. The maximum Gasteiger partial charge on any atom is 0.303 e. The Kier molecular flexibility index (Phi) is 7.59. The highest BCUT2D eigenvalue weighted by Gasteiger charge is 2.45. The Labute approximate surface area is 180 Å². The van der Waals surface area contributed by atoms with Crippen LogP contribution in [0.25, 0.3) is 10.8 Å². The number of hydrogen-bond acceptors (Lipinski definition) is 8. The molecular formula is C23H26O8. The number of esters is 3. The number of fused-ring (bicyclic) bond motifs is 1. The van der Waals surface area contributed by atoms with Crippen LogP contribution >= 0.6 is 0 Å². The van der Waals surface area contributed by atoms with Crippen molar-refractivity contribution in [3.05, 3.63) is 48.0 Å². The van der Waals surface area contributed by atoms with Crippen molar-refractivity contribution in [3.8, 4) is 0 Å². The summed E-state index contributed by atoms with van der Waals surface area (Å²) in [6.45, 7) is 3.93. The zero-order chi connectivity index (χ0) is 22.4. The van der Waals surface area contributed by atoms with Crippen molar-refractivity contribution >= 4 is 28.7 Å². The van der Waals surface area contributed by atoms with E-state index in [0.717, 1.165) is 16.3 Å². The van der Waals surface area contributed by atoms with Crippen LogP contribution in [0.5, 0.6) is 0 Å². The van der Waals surface area contributed by atoms with Gasteiger partial charge in [0.1, 0.15) is 18.8 Å². The maximum atomic E-state index is 11.7. The van der Waals surface area contributed by atoms with E-state index in [0.29, 0.717) is 0 Å². The van der Waals surface area contributed by atoms with Crippen LogP contribution in [0.3, 0.4) is 0 Å². The predicted molar refractivity (Wildman–Crippen MR) is 110 cm³/mol. The van der Waals surface area contributed by atoms with Crippen molar-refractivity contribution in [2.24, 2.45) is 0 Å². The smallest absolute Gasteiger partial charge is 0.303 e. The number of hydrogen-bond donors (Lipinski definition) is 0. The Hall–Kier alpha value is -2.97. The quantitative estimate of drug-likeness (QED) is 0.488. The molecule has 3 unspecified atom stereocenters. The lowest BCUT2D eigenvalue weighted by Crippen LogP contribution is -2.58. The van der Waals surface area contributed by atoms with Crippen molar-refractivity contribution in [3.63, 3.8) is 0 Å². The molecule has 1 aliphatic heterocycles. The molecule has 0 saturated carbocycles. The molecule has 0 aromatic heterocycles. The molecule has 31 heavy (non-hydrogen) atoms. The largest absolute Gasteiger partial charge is 0.463 e. The second kappa shape index (κ2) is 10.4. The van der Waals surface area contributed by atoms with Gasteiger partial charge in [0.25, 0.3) is 0 Å². The highest BCUT2D eigenvalue weighted by atomic mass is 16.6. The van der Waals surface area contributed by atoms with E-state index in [2.05, 4.69) is 0 Å². The first-order valence-corrected chi connectivity index (χ1v) is 10.0. The lowest BCUT2D eigenvalue weighted by molar-refractivity contribution is -0.234. The molecule has 8 nitrogen and oxygen atoms in total. The molecule has 1 aliphatic rings. The number of ether oxygens (including phenoxy) is 5. The third-order valence-electron chi connectivity index (χ3n) is 4.86. The molecule has 0 radical (unpaired) electrons. The van der Waals surface area contributed by atoms with Gasteiger partial charge < -0.3 is 23.7 Å². The highest BCUT2D eigenvalue weighted by Crippen LogP contribution is 2.26. The summed E-state index contributed by atoms with van der Waals surface area (Å²) >= 11 is 0. The molecule has 2 aromatic rings. The summed E-state index contributed by atoms with van der Waals surface area (Å²) in [6.07, 6.45) is -3.25. The van der Waals surface area contributed by atoms with Gasteiger partial charge in [0, 0.05) is 20.8 Å². The zero-order valence-electron chi connectivity index (χ0n) is 17.7. The van der Waals surface area contributed by atoms with Gasteiger partial charge >= 0.3 is 17.9 Å². The SMILES string of the molecule is CC(=O)OCC1OCC(OC(C)=O)C(OCc2ccc3ccccc3c2)[C@@H]1OC(C)=O. The van der Waals surface area contributed by atoms with E-state index in [1.54, 1.807) is 0 Å². The molecule has 1 heterocycles. The van der Waals surface area contributed by atoms with Crippen molar-refractivity contribution in [2.75, 3.05) is 13.2 Å². The molecule has 0 bridgehead atoms. The molecular weight excluding hydrogens is 404 g/mol. The lowest BCUT2D eigenvalue weighted by atomic mass is 9.99. The van der Waals surface area contributed by atoms with Crippen molar-refractivity contribution in [1.82, 2.24) is 0 Å². The number of carbonyl (C=O) groups excluding carboxylic acids is 3. The van der Waals surface area contributed by atoms with Gasteiger partial charge in [-0.2, -0.15) is 0 Å². The molecule has 0 N–H and O–H groups in total. The molecule has 166 valence electrons. The van der Waals surface area contributed by atoms with Gasteiger partial charge in [-0.3, -0.25) is 14.4 Å². The minimum atomic E-state index is -0.921. The minimum Gasteiger partial charge on any atom is -0.463 e. The summed E-state index contributed by atoms with van der Waals surface area (Å²) in [4.78, 5) is 34.6. The van der Waals surface area contributed by atoms with Crippen LogP contribution in [0.1, 0.15) is 26.3 Å². The van der Waals surface area contributed by atoms with Crippen molar-refractivity contribution in [1.29, 1.82) is 0 Å². The van der Waals surface area contributed by atoms with Crippen LogP contribution in [-0.4, -0.2) is 55.5 Å².